The van der Waals surface area contributed by atoms with Gasteiger partial charge in [-0.1, -0.05) is 0 Å². The molecule has 0 fully saturated rings. The molecule has 0 saturated carbocycles. The lowest BCUT2D eigenvalue weighted by Gasteiger charge is -2.10. The summed E-state index contributed by atoms with van der Waals surface area (Å²) in [5.41, 5.74) is 1.37. The zero-order valence-corrected chi connectivity index (χ0v) is 10.8. The zero-order valence-electron chi connectivity index (χ0n) is 10.8. The topological polar surface area (TPSA) is 71.8 Å². The maximum atomic E-state index is 12.1. The summed E-state index contributed by atoms with van der Waals surface area (Å²) in [5.74, 6) is -0.0986. The minimum absolute atomic E-state index is 0.0986. The number of amides is 1. The quantitative estimate of drug-likeness (QED) is 0.816. The molecule has 2 heterocycles. The normalized spacial score (nSPS) is 10.2. The minimum Gasteiger partial charge on any atom is -0.383 e. The van der Waals surface area contributed by atoms with Gasteiger partial charge in [0.15, 0.2) is 0 Å². The van der Waals surface area contributed by atoms with Crippen LogP contribution in [0.2, 0.25) is 0 Å². The highest BCUT2D eigenvalue weighted by atomic mass is 16.1. The van der Waals surface area contributed by atoms with Crippen LogP contribution in [0.15, 0.2) is 37.2 Å². The summed E-state index contributed by atoms with van der Waals surface area (Å²) < 4.78 is 1.91. The van der Waals surface area contributed by atoms with Crippen LogP contribution in [0.5, 0.6) is 0 Å². The summed E-state index contributed by atoms with van der Waals surface area (Å²) in [6, 6.07) is 1.71. The number of hydrogen-bond acceptors (Lipinski definition) is 4. The molecule has 6 nitrogen and oxygen atoms in total. The third kappa shape index (κ3) is 3.54. The van der Waals surface area contributed by atoms with Gasteiger partial charge in [0.05, 0.1) is 23.8 Å². The molecule has 0 bridgehead atoms. The highest BCUT2D eigenvalue weighted by molar-refractivity contribution is 5.99. The number of pyridine rings is 1. The van der Waals surface area contributed by atoms with Gasteiger partial charge in [-0.3, -0.25) is 9.78 Å². The Bertz CT molecular complexity index is 524. The molecule has 0 unspecified atom stereocenters. The molecule has 1 amide bonds. The standard InChI is InChI=1S/C13H17N5O/c1-2-16-12-9-14-4-3-11(12)13(19)17-6-8-18-7-5-15-10-18/h3-5,7,9-10,16H,2,6,8H2,1H3,(H,17,19). The summed E-state index contributed by atoms with van der Waals surface area (Å²) in [5, 5.41) is 6.00. The lowest BCUT2D eigenvalue weighted by molar-refractivity contribution is 0.0953. The van der Waals surface area contributed by atoms with E-state index in [9.17, 15) is 4.79 Å². The molecule has 100 valence electrons. The molecule has 6 heteroatoms. The first kappa shape index (κ1) is 13.1. The second-order valence-electron chi connectivity index (χ2n) is 4.01. The van der Waals surface area contributed by atoms with Crippen LogP contribution >= 0.6 is 0 Å². The van der Waals surface area contributed by atoms with Gasteiger partial charge in [-0.15, -0.1) is 0 Å². The summed E-state index contributed by atoms with van der Waals surface area (Å²) in [6.45, 7) is 3.99. The number of carbonyl (C=O) groups excluding carboxylic acids is 1. The van der Waals surface area contributed by atoms with Crippen LogP contribution in [-0.2, 0) is 6.54 Å². The Balaban J connectivity index is 1.92. The van der Waals surface area contributed by atoms with Crippen molar-refractivity contribution in [1.82, 2.24) is 19.9 Å². The molecule has 0 aromatic carbocycles. The Morgan fingerprint density at radius 3 is 3.00 bits per heavy atom. The van der Waals surface area contributed by atoms with Crippen molar-refractivity contribution in [3.63, 3.8) is 0 Å². The van der Waals surface area contributed by atoms with E-state index in [2.05, 4.69) is 20.6 Å². The first-order valence-electron chi connectivity index (χ1n) is 6.23. The van der Waals surface area contributed by atoms with Crippen molar-refractivity contribution in [1.29, 1.82) is 0 Å². The molecule has 2 N–H and O–H groups in total. The maximum Gasteiger partial charge on any atom is 0.253 e. The lowest BCUT2D eigenvalue weighted by Crippen LogP contribution is -2.27. The largest absolute Gasteiger partial charge is 0.383 e. The Hall–Kier alpha value is -2.37. The Morgan fingerprint density at radius 2 is 2.26 bits per heavy atom. The van der Waals surface area contributed by atoms with Gasteiger partial charge < -0.3 is 15.2 Å². The fourth-order valence-electron chi connectivity index (χ4n) is 1.74. The van der Waals surface area contributed by atoms with Crippen LogP contribution in [0.1, 0.15) is 17.3 Å². The molecule has 2 aromatic heterocycles. The molecule has 19 heavy (non-hydrogen) atoms. The molecule has 0 aliphatic heterocycles. The van der Waals surface area contributed by atoms with Crippen LogP contribution in [0.3, 0.4) is 0 Å². The van der Waals surface area contributed by atoms with Crippen LogP contribution in [-0.4, -0.2) is 33.5 Å². The van der Waals surface area contributed by atoms with Crippen molar-refractivity contribution in [3.05, 3.63) is 42.7 Å². The third-order valence-corrected chi connectivity index (χ3v) is 2.65. The van der Waals surface area contributed by atoms with E-state index in [0.717, 1.165) is 12.2 Å². The van der Waals surface area contributed by atoms with Crippen LogP contribution in [0.25, 0.3) is 0 Å². The minimum atomic E-state index is -0.0986. The highest BCUT2D eigenvalue weighted by Crippen LogP contribution is 2.12. The number of imidazole rings is 1. The predicted octanol–water partition coefficient (Wildman–Crippen LogP) is 1.14. The average molecular weight is 259 g/mol. The van der Waals surface area contributed by atoms with Gasteiger partial charge in [0.25, 0.3) is 5.91 Å². The van der Waals surface area contributed by atoms with Crippen molar-refractivity contribution < 1.29 is 4.79 Å². The van der Waals surface area contributed by atoms with Crippen LogP contribution in [0, 0.1) is 0 Å². The molecule has 0 spiro atoms. The molecule has 0 saturated heterocycles. The number of rotatable bonds is 6. The van der Waals surface area contributed by atoms with Gasteiger partial charge in [-0.05, 0) is 13.0 Å². The number of carbonyl (C=O) groups is 1. The summed E-state index contributed by atoms with van der Waals surface area (Å²) in [4.78, 5) is 20.0. The predicted molar refractivity (Wildman–Crippen MR) is 73.0 cm³/mol. The van der Waals surface area contributed by atoms with E-state index in [1.54, 1.807) is 31.0 Å². The van der Waals surface area contributed by atoms with Crippen molar-refractivity contribution in [2.45, 2.75) is 13.5 Å². The Kier molecular flexibility index (Phi) is 4.49. The fraction of sp³-hybridized carbons (Fsp3) is 0.308. The second kappa shape index (κ2) is 6.53. The lowest BCUT2D eigenvalue weighted by atomic mass is 10.2. The first-order chi connectivity index (χ1) is 9.31. The fourth-order valence-corrected chi connectivity index (χ4v) is 1.74. The number of anilines is 1. The van der Waals surface area contributed by atoms with Gasteiger partial charge >= 0.3 is 0 Å². The van der Waals surface area contributed by atoms with Crippen LogP contribution in [0.4, 0.5) is 5.69 Å². The number of aromatic nitrogens is 3. The number of nitrogens with one attached hydrogen (secondary N) is 2. The van der Waals surface area contributed by atoms with E-state index in [1.165, 1.54) is 0 Å². The monoisotopic (exact) mass is 259 g/mol. The van der Waals surface area contributed by atoms with E-state index in [-0.39, 0.29) is 5.91 Å². The SMILES string of the molecule is CCNc1cnccc1C(=O)NCCn1ccnc1. The molecular formula is C13H17N5O. The van der Waals surface area contributed by atoms with E-state index < -0.39 is 0 Å². The van der Waals surface area contributed by atoms with Gasteiger partial charge in [0, 0.05) is 38.2 Å². The van der Waals surface area contributed by atoms with Gasteiger partial charge in [-0.2, -0.15) is 0 Å². The van der Waals surface area contributed by atoms with E-state index in [1.807, 2.05) is 17.7 Å². The Labute approximate surface area is 111 Å². The summed E-state index contributed by atoms with van der Waals surface area (Å²) in [7, 11) is 0. The molecule has 0 radical (unpaired) electrons. The highest BCUT2D eigenvalue weighted by Gasteiger charge is 2.09. The van der Waals surface area contributed by atoms with Crippen molar-refractivity contribution >= 4 is 11.6 Å². The molecular weight excluding hydrogens is 242 g/mol. The molecule has 0 aliphatic rings. The van der Waals surface area contributed by atoms with Crippen molar-refractivity contribution in [3.8, 4) is 0 Å². The van der Waals surface area contributed by atoms with Crippen molar-refractivity contribution in [2.75, 3.05) is 18.4 Å². The maximum absolute atomic E-state index is 12.1. The summed E-state index contributed by atoms with van der Waals surface area (Å²) >= 11 is 0. The van der Waals surface area contributed by atoms with E-state index in [4.69, 9.17) is 0 Å². The number of hydrogen-bond donors (Lipinski definition) is 2. The third-order valence-electron chi connectivity index (χ3n) is 2.65. The first-order valence-corrected chi connectivity index (χ1v) is 6.23. The van der Waals surface area contributed by atoms with E-state index >= 15 is 0 Å². The van der Waals surface area contributed by atoms with Gasteiger partial charge in [-0.25, -0.2) is 4.98 Å². The molecule has 0 atom stereocenters. The zero-order chi connectivity index (χ0) is 13.5. The van der Waals surface area contributed by atoms with E-state index in [0.29, 0.717) is 18.7 Å². The van der Waals surface area contributed by atoms with Gasteiger partial charge in [0.1, 0.15) is 0 Å². The van der Waals surface area contributed by atoms with Gasteiger partial charge in [0.2, 0.25) is 0 Å². The smallest absolute Gasteiger partial charge is 0.253 e. The molecule has 0 aliphatic carbocycles. The van der Waals surface area contributed by atoms with Crippen molar-refractivity contribution in [2.24, 2.45) is 0 Å². The molecule has 2 rings (SSSR count). The molecule has 2 aromatic rings. The Morgan fingerprint density at radius 1 is 1.37 bits per heavy atom. The van der Waals surface area contributed by atoms with Crippen LogP contribution < -0.4 is 10.6 Å². The second-order valence-corrected chi connectivity index (χ2v) is 4.01. The average Bonchev–Trinajstić information content (AvgIpc) is 2.93. The number of nitrogens with zero attached hydrogens (tertiary/aromatic N) is 3. The summed E-state index contributed by atoms with van der Waals surface area (Å²) in [6.07, 6.45) is 8.58.